The number of hydrogen-bond acceptors (Lipinski definition) is 4. The van der Waals surface area contributed by atoms with Gasteiger partial charge in [0.2, 0.25) is 0 Å². The Balaban J connectivity index is 1.40. The van der Waals surface area contributed by atoms with Gasteiger partial charge in [-0.3, -0.25) is 4.90 Å². The summed E-state index contributed by atoms with van der Waals surface area (Å²) in [6, 6.07) is 13.8. The predicted octanol–water partition coefficient (Wildman–Crippen LogP) is 5.23. The number of nitrogens with zero attached hydrogens (tertiary/aromatic N) is 1. The van der Waals surface area contributed by atoms with E-state index in [0.717, 1.165) is 25.9 Å². The van der Waals surface area contributed by atoms with Crippen molar-refractivity contribution >= 4 is 17.3 Å². The van der Waals surface area contributed by atoms with Crippen LogP contribution in [0, 0.1) is 0 Å². The Kier molecular flexibility index (Phi) is 5.41. The maximum atomic E-state index is 12.3. The molecule has 2 heterocycles. The molecule has 138 valence electrons. The molecule has 1 saturated heterocycles. The van der Waals surface area contributed by atoms with Gasteiger partial charge in [-0.15, -0.1) is 11.3 Å². The number of likely N-dealkylation sites (tertiary alicyclic amines) is 1. The van der Waals surface area contributed by atoms with Crippen LogP contribution in [0.3, 0.4) is 0 Å². The van der Waals surface area contributed by atoms with Crippen LogP contribution in [0.25, 0.3) is 0 Å². The van der Waals surface area contributed by atoms with E-state index >= 15 is 0 Å². The maximum absolute atomic E-state index is 12.3. The molecule has 26 heavy (non-hydrogen) atoms. The van der Waals surface area contributed by atoms with E-state index in [0.29, 0.717) is 5.56 Å². The van der Waals surface area contributed by atoms with Crippen molar-refractivity contribution in [3.63, 3.8) is 0 Å². The molecule has 3 nitrogen and oxygen atoms in total. The summed E-state index contributed by atoms with van der Waals surface area (Å²) in [5.41, 5.74) is 0.873. The first-order chi connectivity index (χ1) is 12.8. The fourth-order valence-corrected chi connectivity index (χ4v) is 5.61. The molecule has 4 rings (SSSR count). The lowest BCUT2D eigenvalue weighted by Gasteiger charge is -2.48. The number of hydrogen-bond donors (Lipinski definition) is 0. The first kappa shape index (κ1) is 17.7. The Morgan fingerprint density at radius 2 is 1.73 bits per heavy atom. The van der Waals surface area contributed by atoms with Crippen molar-refractivity contribution in [3.05, 3.63) is 58.3 Å². The van der Waals surface area contributed by atoms with Gasteiger partial charge in [0.1, 0.15) is 6.10 Å². The molecule has 2 aromatic rings. The van der Waals surface area contributed by atoms with E-state index in [1.165, 1.54) is 37.0 Å². The Morgan fingerprint density at radius 1 is 1.00 bits per heavy atom. The minimum atomic E-state index is -0.185. The van der Waals surface area contributed by atoms with Crippen LogP contribution in [0.5, 0.6) is 0 Å². The molecule has 1 aliphatic carbocycles. The highest BCUT2D eigenvalue weighted by Crippen LogP contribution is 2.45. The van der Waals surface area contributed by atoms with Gasteiger partial charge in [-0.1, -0.05) is 43.5 Å². The van der Waals surface area contributed by atoms with Crippen molar-refractivity contribution in [3.8, 4) is 0 Å². The number of rotatable bonds is 4. The van der Waals surface area contributed by atoms with Crippen molar-refractivity contribution in [2.45, 2.75) is 56.6 Å². The molecule has 0 amide bonds. The third-order valence-corrected chi connectivity index (χ3v) is 7.05. The van der Waals surface area contributed by atoms with Crippen molar-refractivity contribution in [1.82, 2.24) is 4.90 Å². The Hall–Kier alpha value is -1.65. The van der Waals surface area contributed by atoms with E-state index in [1.54, 1.807) is 0 Å². The second kappa shape index (κ2) is 7.93. The molecule has 0 atom stereocenters. The normalized spacial score (nSPS) is 21.4. The molecule has 0 bridgehead atoms. The lowest BCUT2D eigenvalue weighted by Crippen LogP contribution is -2.51. The number of carbonyl (C=O) groups is 1. The molecule has 1 aliphatic heterocycles. The van der Waals surface area contributed by atoms with E-state index in [4.69, 9.17) is 4.74 Å². The first-order valence-corrected chi connectivity index (χ1v) is 10.7. The van der Waals surface area contributed by atoms with Gasteiger partial charge in [-0.25, -0.2) is 4.79 Å². The number of ether oxygens (including phenoxy) is 1. The number of carbonyl (C=O) groups excluding carboxylic acids is 1. The highest BCUT2D eigenvalue weighted by molar-refractivity contribution is 7.10. The molecule has 0 radical (unpaired) electrons. The molecule has 0 N–H and O–H groups in total. The summed E-state index contributed by atoms with van der Waals surface area (Å²) in [5, 5.41) is 2.21. The second-order valence-corrected chi connectivity index (χ2v) is 8.47. The summed E-state index contributed by atoms with van der Waals surface area (Å²) in [5.74, 6) is -0.185. The third kappa shape index (κ3) is 3.58. The number of esters is 1. The SMILES string of the molecule is O=C(OC1CCN(C2(c3cccs3)CCCCC2)CC1)c1ccccc1. The topological polar surface area (TPSA) is 29.5 Å². The van der Waals surface area contributed by atoms with Crippen LogP contribution in [0.4, 0.5) is 0 Å². The fourth-order valence-electron chi connectivity index (χ4n) is 4.59. The smallest absolute Gasteiger partial charge is 0.338 e. The monoisotopic (exact) mass is 369 g/mol. The summed E-state index contributed by atoms with van der Waals surface area (Å²) < 4.78 is 5.77. The number of piperidine rings is 1. The van der Waals surface area contributed by atoms with Gasteiger partial charge in [-0.05, 0) is 49.3 Å². The summed E-state index contributed by atoms with van der Waals surface area (Å²) in [6.45, 7) is 2.04. The second-order valence-electron chi connectivity index (χ2n) is 7.53. The lowest BCUT2D eigenvalue weighted by atomic mass is 9.78. The molecular formula is C22H27NO2S. The minimum Gasteiger partial charge on any atom is -0.459 e. The molecule has 0 spiro atoms. The van der Waals surface area contributed by atoms with Crippen molar-refractivity contribution in [2.24, 2.45) is 0 Å². The van der Waals surface area contributed by atoms with Gasteiger partial charge in [0.25, 0.3) is 0 Å². The van der Waals surface area contributed by atoms with Crippen molar-refractivity contribution in [2.75, 3.05) is 13.1 Å². The Bertz CT molecular complexity index is 699. The van der Waals surface area contributed by atoms with Crippen LogP contribution < -0.4 is 0 Å². The van der Waals surface area contributed by atoms with Gasteiger partial charge in [0.15, 0.2) is 0 Å². The summed E-state index contributed by atoms with van der Waals surface area (Å²) in [7, 11) is 0. The Morgan fingerprint density at radius 3 is 2.38 bits per heavy atom. The number of thiophene rings is 1. The van der Waals surface area contributed by atoms with Gasteiger partial charge in [0, 0.05) is 18.0 Å². The summed E-state index contributed by atoms with van der Waals surface area (Å²) in [4.78, 5) is 16.5. The maximum Gasteiger partial charge on any atom is 0.338 e. The third-order valence-electron chi connectivity index (χ3n) is 5.99. The average molecular weight is 370 g/mol. The molecule has 1 aromatic heterocycles. The first-order valence-electron chi connectivity index (χ1n) is 9.83. The van der Waals surface area contributed by atoms with Crippen LogP contribution >= 0.6 is 11.3 Å². The quantitative estimate of drug-likeness (QED) is 0.691. The zero-order chi connectivity index (χ0) is 17.8. The number of benzene rings is 1. The van der Waals surface area contributed by atoms with E-state index in [1.807, 2.05) is 41.7 Å². The minimum absolute atomic E-state index is 0.0444. The lowest BCUT2D eigenvalue weighted by molar-refractivity contribution is -0.0229. The zero-order valence-corrected chi connectivity index (χ0v) is 16.0. The zero-order valence-electron chi connectivity index (χ0n) is 15.2. The van der Waals surface area contributed by atoms with Gasteiger partial charge in [0.05, 0.1) is 11.1 Å². The van der Waals surface area contributed by atoms with Crippen LogP contribution in [0.2, 0.25) is 0 Å². The van der Waals surface area contributed by atoms with Gasteiger partial charge < -0.3 is 4.74 Å². The van der Waals surface area contributed by atoms with Gasteiger partial charge in [-0.2, -0.15) is 0 Å². The van der Waals surface area contributed by atoms with Crippen LogP contribution in [0.1, 0.15) is 60.2 Å². The summed E-state index contributed by atoms with van der Waals surface area (Å²) >= 11 is 1.90. The highest BCUT2D eigenvalue weighted by Gasteiger charge is 2.42. The van der Waals surface area contributed by atoms with E-state index in [-0.39, 0.29) is 17.6 Å². The summed E-state index contributed by atoms with van der Waals surface area (Å²) in [6.07, 6.45) is 8.45. The van der Waals surface area contributed by atoms with Crippen LogP contribution in [-0.2, 0) is 10.3 Å². The highest BCUT2D eigenvalue weighted by atomic mass is 32.1. The standard InChI is InChI=1S/C22H27NO2S/c24-21(18-8-3-1-4-9-18)25-19-11-15-23(16-12-19)22(13-5-2-6-14-22)20-10-7-17-26-20/h1,3-4,7-10,17,19H,2,5-6,11-16H2. The molecule has 1 saturated carbocycles. The van der Waals surface area contributed by atoms with Crippen molar-refractivity contribution < 1.29 is 9.53 Å². The molecular weight excluding hydrogens is 342 g/mol. The Labute approximate surface area is 160 Å². The van der Waals surface area contributed by atoms with E-state index in [2.05, 4.69) is 22.4 Å². The van der Waals surface area contributed by atoms with E-state index < -0.39 is 0 Å². The van der Waals surface area contributed by atoms with Crippen LogP contribution in [0.15, 0.2) is 47.8 Å². The predicted molar refractivity (Wildman–Crippen MR) is 106 cm³/mol. The fraction of sp³-hybridized carbons (Fsp3) is 0.500. The van der Waals surface area contributed by atoms with E-state index in [9.17, 15) is 4.79 Å². The van der Waals surface area contributed by atoms with Crippen molar-refractivity contribution in [1.29, 1.82) is 0 Å². The molecule has 4 heteroatoms. The van der Waals surface area contributed by atoms with Gasteiger partial charge >= 0.3 is 5.97 Å². The molecule has 0 unspecified atom stereocenters. The average Bonchev–Trinajstić information content (AvgIpc) is 3.25. The molecule has 2 fully saturated rings. The molecule has 1 aromatic carbocycles. The molecule has 2 aliphatic rings. The van der Waals surface area contributed by atoms with Crippen LogP contribution in [-0.4, -0.2) is 30.1 Å². The largest absolute Gasteiger partial charge is 0.459 e.